The van der Waals surface area contributed by atoms with E-state index in [-0.39, 0.29) is 17.1 Å². The van der Waals surface area contributed by atoms with Crippen molar-refractivity contribution in [2.75, 3.05) is 0 Å². The highest BCUT2D eigenvalue weighted by Gasteiger charge is 2.16. The Bertz CT molecular complexity index is 770. The Labute approximate surface area is 119 Å². The summed E-state index contributed by atoms with van der Waals surface area (Å²) in [5.41, 5.74) is 1.21. The molecule has 0 aliphatic carbocycles. The predicted molar refractivity (Wildman–Crippen MR) is 72.2 cm³/mol. The number of halogens is 1. The van der Waals surface area contributed by atoms with Crippen molar-refractivity contribution in [3.63, 3.8) is 0 Å². The summed E-state index contributed by atoms with van der Waals surface area (Å²) in [5.74, 6) is 0. The summed E-state index contributed by atoms with van der Waals surface area (Å²) in [4.78, 5) is 10.3. The molecule has 20 heavy (non-hydrogen) atoms. The minimum absolute atomic E-state index is 0.0137. The number of rotatable bonds is 4. The van der Waals surface area contributed by atoms with Gasteiger partial charge in [-0.05, 0) is 12.5 Å². The van der Waals surface area contributed by atoms with E-state index in [1.165, 1.54) is 16.9 Å². The zero-order valence-corrected chi connectivity index (χ0v) is 11.9. The molecule has 0 unspecified atom stereocenters. The lowest BCUT2D eigenvalue weighted by atomic mass is 10.1. The van der Waals surface area contributed by atoms with Gasteiger partial charge in [0, 0.05) is 28.5 Å². The van der Waals surface area contributed by atoms with E-state index in [1.807, 2.05) is 0 Å². The summed E-state index contributed by atoms with van der Waals surface area (Å²) in [5, 5.41) is 14.7. The number of nitro groups is 1. The molecular weight excluding hydrogens is 306 g/mol. The normalized spacial score (nSPS) is 11.5. The Kier molecular flexibility index (Phi) is 3.78. The van der Waals surface area contributed by atoms with Crippen molar-refractivity contribution in [3.05, 3.63) is 51.8 Å². The van der Waals surface area contributed by atoms with Crippen LogP contribution in [-0.4, -0.2) is 23.1 Å². The van der Waals surface area contributed by atoms with Crippen LogP contribution < -0.4 is 0 Å². The number of hydrogen-bond donors (Lipinski definition) is 0. The second-order valence-electron chi connectivity index (χ2n) is 4.13. The summed E-state index contributed by atoms with van der Waals surface area (Å²) >= 11 is 0. The van der Waals surface area contributed by atoms with Gasteiger partial charge in [0.2, 0.25) is 0 Å². The topological polar surface area (TPSA) is 95.1 Å². The first-order valence-corrected chi connectivity index (χ1v) is 7.80. The van der Waals surface area contributed by atoms with Crippen molar-refractivity contribution in [3.8, 4) is 0 Å². The van der Waals surface area contributed by atoms with Gasteiger partial charge in [0.1, 0.15) is 4.90 Å². The molecule has 0 aliphatic heterocycles. The van der Waals surface area contributed by atoms with E-state index >= 15 is 0 Å². The van der Waals surface area contributed by atoms with Crippen molar-refractivity contribution in [2.24, 2.45) is 0 Å². The van der Waals surface area contributed by atoms with Gasteiger partial charge in [-0.2, -0.15) is 5.10 Å². The molecular formula is C11H10ClN3O4S. The molecule has 0 N–H and O–H groups in total. The summed E-state index contributed by atoms with van der Waals surface area (Å²) in [6.07, 6.45) is 2.41. The third kappa shape index (κ3) is 2.97. The van der Waals surface area contributed by atoms with Crippen molar-refractivity contribution in [2.45, 2.75) is 18.4 Å². The third-order valence-corrected chi connectivity index (χ3v) is 4.15. The molecule has 9 heteroatoms. The Balaban J connectivity index is 2.34. The number of nitrogens with zero attached hydrogens (tertiary/aromatic N) is 3. The second-order valence-corrected chi connectivity index (χ2v) is 6.70. The molecule has 0 aliphatic rings. The lowest BCUT2D eigenvalue weighted by molar-refractivity contribution is -0.385. The minimum Gasteiger partial charge on any atom is -0.267 e. The van der Waals surface area contributed by atoms with E-state index in [1.54, 1.807) is 19.1 Å². The van der Waals surface area contributed by atoms with Gasteiger partial charge in [-0.3, -0.25) is 14.8 Å². The van der Waals surface area contributed by atoms with E-state index in [9.17, 15) is 18.5 Å². The molecule has 1 aromatic carbocycles. The first kappa shape index (κ1) is 14.5. The maximum atomic E-state index is 11.1. The number of aromatic nitrogens is 2. The molecule has 0 radical (unpaired) electrons. The maximum Gasteiger partial charge on any atom is 0.272 e. The van der Waals surface area contributed by atoms with Gasteiger partial charge >= 0.3 is 0 Å². The fourth-order valence-electron chi connectivity index (χ4n) is 1.77. The largest absolute Gasteiger partial charge is 0.272 e. The Hall–Kier alpha value is -1.93. The van der Waals surface area contributed by atoms with E-state index in [4.69, 9.17) is 10.7 Å². The Morgan fingerprint density at radius 1 is 1.45 bits per heavy atom. The van der Waals surface area contributed by atoms with Crippen LogP contribution in [0.15, 0.2) is 35.5 Å². The van der Waals surface area contributed by atoms with E-state index in [0.717, 1.165) is 6.20 Å². The lowest BCUT2D eigenvalue weighted by Gasteiger charge is -2.06. The van der Waals surface area contributed by atoms with Gasteiger partial charge in [0.25, 0.3) is 14.7 Å². The van der Waals surface area contributed by atoms with Crippen LogP contribution in [-0.2, 0) is 15.6 Å². The van der Waals surface area contributed by atoms with Crippen molar-refractivity contribution >= 4 is 25.4 Å². The molecule has 0 saturated heterocycles. The molecule has 0 fully saturated rings. The van der Waals surface area contributed by atoms with Crippen molar-refractivity contribution in [1.29, 1.82) is 0 Å². The molecule has 0 saturated carbocycles. The highest BCUT2D eigenvalue weighted by Crippen LogP contribution is 2.22. The van der Waals surface area contributed by atoms with Crippen LogP contribution in [0, 0.1) is 17.0 Å². The van der Waals surface area contributed by atoms with Crippen LogP contribution in [0.3, 0.4) is 0 Å². The van der Waals surface area contributed by atoms with Crippen molar-refractivity contribution < 1.29 is 13.3 Å². The van der Waals surface area contributed by atoms with Crippen LogP contribution in [0.4, 0.5) is 5.69 Å². The summed E-state index contributed by atoms with van der Waals surface area (Å²) < 4.78 is 23.6. The molecule has 106 valence electrons. The van der Waals surface area contributed by atoms with Gasteiger partial charge in [-0.1, -0.05) is 12.1 Å². The first-order valence-electron chi connectivity index (χ1n) is 5.49. The van der Waals surface area contributed by atoms with Crippen LogP contribution in [0.1, 0.15) is 11.1 Å². The molecule has 0 atom stereocenters. The Morgan fingerprint density at radius 2 is 2.15 bits per heavy atom. The first-order chi connectivity index (χ1) is 9.29. The number of benzene rings is 1. The predicted octanol–water partition coefficient (Wildman–Crippen LogP) is 2.08. The third-order valence-electron chi connectivity index (χ3n) is 2.84. The highest BCUT2D eigenvalue weighted by molar-refractivity contribution is 8.13. The molecule has 1 aromatic heterocycles. The minimum atomic E-state index is -3.83. The molecule has 0 spiro atoms. The fraction of sp³-hybridized carbons (Fsp3) is 0.182. The van der Waals surface area contributed by atoms with E-state index in [2.05, 4.69) is 5.10 Å². The van der Waals surface area contributed by atoms with Crippen LogP contribution in [0.2, 0.25) is 0 Å². The monoisotopic (exact) mass is 315 g/mol. The van der Waals surface area contributed by atoms with E-state index < -0.39 is 14.0 Å². The molecule has 1 heterocycles. The van der Waals surface area contributed by atoms with Gasteiger partial charge in [0.15, 0.2) is 0 Å². The lowest BCUT2D eigenvalue weighted by Crippen LogP contribution is -2.03. The van der Waals surface area contributed by atoms with Crippen LogP contribution >= 0.6 is 10.7 Å². The zero-order valence-electron chi connectivity index (χ0n) is 10.4. The van der Waals surface area contributed by atoms with Gasteiger partial charge < -0.3 is 0 Å². The molecule has 2 aromatic rings. The number of hydrogen-bond acceptors (Lipinski definition) is 5. The molecule has 0 amide bonds. The van der Waals surface area contributed by atoms with Gasteiger partial charge in [0.05, 0.1) is 17.7 Å². The maximum absolute atomic E-state index is 11.1. The van der Waals surface area contributed by atoms with Gasteiger partial charge in [-0.25, -0.2) is 8.42 Å². The molecule has 2 rings (SSSR count). The van der Waals surface area contributed by atoms with Gasteiger partial charge in [-0.15, -0.1) is 0 Å². The smallest absolute Gasteiger partial charge is 0.267 e. The standard InChI is InChI=1S/C11H10ClN3O4S/c1-8-9(3-2-4-11(8)15(16)17)6-14-7-10(5-13-14)20(12,18)19/h2-5,7H,6H2,1H3. The fourth-order valence-corrected chi connectivity index (χ4v) is 2.43. The highest BCUT2D eigenvalue weighted by atomic mass is 35.7. The zero-order chi connectivity index (χ0) is 14.9. The second kappa shape index (κ2) is 5.22. The number of nitro benzene ring substituents is 1. The Morgan fingerprint density at radius 3 is 2.70 bits per heavy atom. The van der Waals surface area contributed by atoms with E-state index in [0.29, 0.717) is 11.1 Å². The average molecular weight is 316 g/mol. The van der Waals surface area contributed by atoms with Crippen molar-refractivity contribution in [1.82, 2.24) is 9.78 Å². The molecule has 7 nitrogen and oxygen atoms in total. The quantitative estimate of drug-likeness (QED) is 0.489. The van der Waals surface area contributed by atoms with Crippen LogP contribution in [0.5, 0.6) is 0 Å². The van der Waals surface area contributed by atoms with Crippen LogP contribution in [0.25, 0.3) is 0 Å². The summed E-state index contributed by atoms with van der Waals surface area (Å²) in [6, 6.07) is 4.71. The molecule has 0 bridgehead atoms. The SMILES string of the molecule is Cc1c(Cn2cc(S(=O)(=O)Cl)cn2)cccc1[N+](=O)[O-]. The average Bonchev–Trinajstić information content (AvgIpc) is 2.80. The summed E-state index contributed by atoms with van der Waals surface area (Å²) in [7, 11) is 1.38. The summed E-state index contributed by atoms with van der Waals surface area (Å²) in [6.45, 7) is 1.86.